The number of nitrogens with one attached hydrogen (secondary N) is 1. The van der Waals surface area contributed by atoms with E-state index >= 15 is 0 Å². The monoisotopic (exact) mass is 345 g/mol. The van der Waals surface area contributed by atoms with Crippen LogP contribution in [0.3, 0.4) is 0 Å². The normalized spacial score (nSPS) is 15.6. The lowest BCUT2D eigenvalue weighted by Crippen LogP contribution is -2.07. The third-order valence-corrected chi connectivity index (χ3v) is 4.26. The molecule has 5 nitrogen and oxygen atoms in total. The van der Waals surface area contributed by atoms with Gasteiger partial charge >= 0.3 is 5.97 Å². The van der Waals surface area contributed by atoms with Crippen molar-refractivity contribution < 1.29 is 9.90 Å². The molecular weight excluding hydrogens is 326 g/mol. The van der Waals surface area contributed by atoms with Crippen LogP contribution in [-0.4, -0.2) is 16.8 Å². The molecular formula is C21H19N3O2. The molecule has 0 fully saturated rings. The largest absolute Gasteiger partial charge is 0.478 e. The van der Waals surface area contributed by atoms with Gasteiger partial charge in [0.25, 0.3) is 0 Å². The second-order valence-electron chi connectivity index (χ2n) is 6.14. The zero-order valence-corrected chi connectivity index (χ0v) is 14.3. The molecule has 0 spiro atoms. The molecule has 2 aromatic rings. The van der Waals surface area contributed by atoms with Crippen molar-refractivity contribution in [3.05, 3.63) is 88.5 Å². The third-order valence-electron chi connectivity index (χ3n) is 4.26. The van der Waals surface area contributed by atoms with Crippen LogP contribution in [0.25, 0.3) is 5.57 Å². The van der Waals surface area contributed by atoms with Crippen molar-refractivity contribution in [1.29, 1.82) is 5.41 Å². The second kappa shape index (κ2) is 6.72. The molecule has 5 heteroatoms. The van der Waals surface area contributed by atoms with Crippen molar-refractivity contribution in [3.8, 4) is 0 Å². The summed E-state index contributed by atoms with van der Waals surface area (Å²) < 4.78 is 0. The number of aromatic carboxylic acids is 1. The maximum Gasteiger partial charge on any atom is 0.336 e. The fourth-order valence-corrected chi connectivity index (χ4v) is 2.90. The fraction of sp³-hybridized carbons (Fsp3) is 0.0476. The van der Waals surface area contributed by atoms with Crippen molar-refractivity contribution in [2.75, 3.05) is 11.5 Å². The lowest BCUT2D eigenvalue weighted by atomic mass is 9.87. The number of hydrogen-bond donors (Lipinski definition) is 4. The Labute approximate surface area is 151 Å². The molecule has 0 aliphatic heterocycles. The summed E-state index contributed by atoms with van der Waals surface area (Å²) in [5.41, 5.74) is 17.0. The number of carboxylic acid groups (broad SMARTS) is 1. The number of allylic oxidation sites excluding steroid dienone is 5. The Kier molecular flexibility index (Phi) is 4.45. The van der Waals surface area contributed by atoms with Crippen molar-refractivity contribution >= 4 is 28.6 Å². The number of hydrogen-bond acceptors (Lipinski definition) is 4. The standard InChI is InChI=1S/C21H19N3O2/c1-12-10-14(4-9-19(12)24)20(13-2-5-15(22)6-3-13)17-8-7-16(23)11-18(17)21(25)26/h2-11,24H,22-23H2,1H3,(H,25,26)/b20-14-,24-19?. The first-order chi connectivity index (χ1) is 12.4. The van der Waals surface area contributed by atoms with Gasteiger partial charge in [-0.25, -0.2) is 4.79 Å². The van der Waals surface area contributed by atoms with E-state index in [1.54, 1.807) is 30.3 Å². The summed E-state index contributed by atoms with van der Waals surface area (Å²) in [5, 5.41) is 17.6. The minimum atomic E-state index is -1.05. The van der Waals surface area contributed by atoms with E-state index in [-0.39, 0.29) is 5.56 Å². The highest BCUT2D eigenvalue weighted by atomic mass is 16.4. The van der Waals surface area contributed by atoms with Crippen LogP contribution in [0.1, 0.15) is 28.4 Å². The molecule has 0 atom stereocenters. The Morgan fingerprint density at radius 2 is 1.62 bits per heavy atom. The first-order valence-corrected chi connectivity index (χ1v) is 8.05. The van der Waals surface area contributed by atoms with E-state index in [2.05, 4.69) is 0 Å². The maximum absolute atomic E-state index is 11.8. The first kappa shape index (κ1) is 17.2. The van der Waals surface area contributed by atoms with Crippen LogP contribution < -0.4 is 11.5 Å². The summed E-state index contributed by atoms with van der Waals surface area (Å²) in [7, 11) is 0. The van der Waals surface area contributed by atoms with Gasteiger partial charge in [-0.15, -0.1) is 0 Å². The minimum absolute atomic E-state index is 0.129. The molecule has 1 aliphatic carbocycles. The zero-order valence-electron chi connectivity index (χ0n) is 14.3. The number of nitrogens with two attached hydrogens (primary N) is 2. The van der Waals surface area contributed by atoms with E-state index in [1.165, 1.54) is 6.07 Å². The van der Waals surface area contributed by atoms with Crippen LogP contribution in [0.4, 0.5) is 11.4 Å². The summed E-state index contributed by atoms with van der Waals surface area (Å²) in [6, 6.07) is 12.1. The van der Waals surface area contributed by atoms with E-state index in [0.29, 0.717) is 22.6 Å². The van der Waals surface area contributed by atoms with Crippen LogP contribution in [-0.2, 0) is 0 Å². The first-order valence-electron chi connectivity index (χ1n) is 8.05. The number of carbonyl (C=O) groups is 1. The van der Waals surface area contributed by atoms with Crippen LogP contribution in [0.15, 0.2) is 71.8 Å². The van der Waals surface area contributed by atoms with Gasteiger partial charge in [0, 0.05) is 11.4 Å². The SMILES string of the molecule is CC1=C/C(=C(/c2ccc(N)cc2)c2ccc(N)cc2C(=O)O)C=CC1=N. The summed E-state index contributed by atoms with van der Waals surface area (Å²) in [4.78, 5) is 11.8. The van der Waals surface area contributed by atoms with Gasteiger partial charge in [-0.05, 0) is 71.2 Å². The Morgan fingerprint density at radius 1 is 0.962 bits per heavy atom. The average molecular weight is 345 g/mol. The predicted molar refractivity (Wildman–Crippen MR) is 105 cm³/mol. The van der Waals surface area contributed by atoms with Gasteiger partial charge in [0.05, 0.1) is 11.3 Å². The molecule has 0 heterocycles. The fourth-order valence-electron chi connectivity index (χ4n) is 2.90. The highest BCUT2D eigenvalue weighted by Gasteiger charge is 2.19. The molecule has 6 N–H and O–H groups in total. The van der Waals surface area contributed by atoms with Crippen LogP contribution in [0.5, 0.6) is 0 Å². The molecule has 26 heavy (non-hydrogen) atoms. The quantitative estimate of drug-likeness (QED) is 0.632. The van der Waals surface area contributed by atoms with Crippen molar-refractivity contribution in [1.82, 2.24) is 0 Å². The van der Waals surface area contributed by atoms with E-state index in [9.17, 15) is 9.90 Å². The Hall–Kier alpha value is -3.60. The number of anilines is 2. The third kappa shape index (κ3) is 3.28. The van der Waals surface area contributed by atoms with Crippen molar-refractivity contribution in [2.45, 2.75) is 6.92 Å². The van der Waals surface area contributed by atoms with E-state index in [0.717, 1.165) is 22.3 Å². The predicted octanol–water partition coefficient (Wildman–Crippen LogP) is 3.89. The molecule has 0 radical (unpaired) electrons. The molecule has 3 rings (SSSR count). The molecule has 1 aliphatic rings. The van der Waals surface area contributed by atoms with Gasteiger partial charge < -0.3 is 22.0 Å². The van der Waals surface area contributed by atoms with Gasteiger partial charge in [-0.2, -0.15) is 0 Å². The smallest absolute Gasteiger partial charge is 0.336 e. The average Bonchev–Trinajstić information content (AvgIpc) is 2.61. The van der Waals surface area contributed by atoms with E-state index in [4.69, 9.17) is 16.9 Å². The van der Waals surface area contributed by atoms with Gasteiger partial charge in [-0.3, -0.25) is 0 Å². The number of rotatable bonds is 3. The zero-order chi connectivity index (χ0) is 18.8. The molecule has 0 unspecified atom stereocenters. The van der Waals surface area contributed by atoms with Crippen LogP contribution in [0.2, 0.25) is 0 Å². The van der Waals surface area contributed by atoms with E-state index < -0.39 is 5.97 Å². The number of nitrogen functional groups attached to an aromatic ring is 2. The molecule has 0 saturated carbocycles. The topological polar surface area (TPSA) is 113 Å². The molecule has 0 amide bonds. The lowest BCUT2D eigenvalue weighted by Gasteiger charge is -2.17. The Balaban J connectivity index is 2.34. The summed E-state index contributed by atoms with van der Waals surface area (Å²) in [6.07, 6.45) is 5.42. The molecule has 0 aromatic heterocycles. The van der Waals surface area contributed by atoms with Gasteiger partial charge in [0.15, 0.2) is 0 Å². The number of benzene rings is 2. The van der Waals surface area contributed by atoms with Crippen molar-refractivity contribution in [3.63, 3.8) is 0 Å². The maximum atomic E-state index is 11.8. The number of carboxylic acids is 1. The van der Waals surface area contributed by atoms with Crippen molar-refractivity contribution in [2.24, 2.45) is 0 Å². The van der Waals surface area contributed by atoms with Gasteiger partial charge in [-0.1, -0.05) is 24.3 Å². The highest BCUT2D eigenvalue weighted by Crippen LogP contribution is 2.33. The summed E-state index contributed by atoms with van der Waals surface area (Å²) >= 11 is 0. The molecule has 0 bridgehead atoms. The van der Waals surface area contributed by atoms with E-state index in [1.807, 2.05) is 31.2 Å². The van der Waals surface area contributed by atoms with Gasteiger partial charge in [0.1, 0.15) is 0 Å². The Morgan fingerprint density at radius 3 is 2.23 bits per heavy atom. The minimum Gasteiger partial charge on any atom is -0.478 e. The summed E-state index contributed by atoms with van der Waals surface area (Å²) in [6.45, 7) is 1.85. The lowest BCUT2D eigenvalue weighted by molar-refractivity contribution is 0.0696. The van der Waals surface area contributed by atoms with Gasteiger partial charge in [0.2, 0.25) is 0 Å². The molecule has 0 saturated heterocycles. The Bertz CT molecular complexity index is 996. The molecule has 2 aromatic carbocycles. The molecule has 130 valence electrons. The summed E-state index contributed by atoms with van der Waals surface area (Å²) in [5.74, 6) is -1.05. The second-order valence-corrected chi connectivity index (χ2v) is 6.14. The van der Waals surface area contributed by atoms with Crippen LogP contribution >= 0.6 is 0 Å². The van der Waals surface area contributed by atoms with Crippen LogP contribution in [0, 0.1) is 5.41 Å². The highest BCUT2D eigenvalue weighted by molar-refractivity contribution is 6.09.